The number of amides is 1. The van der Waals surface area contributed by atoms with Crippen molar-refractivity contribution in [2.75, 3.05) is 18.9 Å². The first-order valence-corrected chi connectivity index (χ1v) is 10.0. The van der Waals surface area contributed by atoms with E-state index in [9.17, 15) is 23.1 Å². The summed E-state index contributed by atoms with van der Waals surface area (Å²) in [5.41, 5.74) is 1.75. The van der Waals surface area contributed by atoms with E-state index in [0.29, 0.717) is 0 Å². The zero-order chi connectivity index (χ0) is 19.3. The van der Waals surface area contributed by atoms with Crippen LogP contribution in [0.4, 0.5) is 0 Å². The molecule has 2 rings (SSSR count). The second-order valence-electron chi connectivity index (χ2n) is 6.41. The third-order valence-electron chi connectivity index (χ3n) is 4.10. The summed E-state index contributed by atoms with van der Waals surface area (Å²) in [5, 5.41) is 9.43. The number of hydrogen-bond donors (Lipinski definition) is 2. The molecule has 144 valence electrons. The van der Waals surface area contributed by atoms with Crippen LogP contribution in [0.3, 0.4) is 0 Å². The summed E-state index contributed by atoms with van der Waals surface area (Å²) in [6, 6.07) is 6.31. The molecule has 0 saturated carbocycles. The molecule has 2 N–H and O–H groups in total. The molecular weight excluding hydrogens is 360 g/mol. The van der Waals surface area contributed by atoms with Crippen LogP contribution in [-0.2, 0) is 37.3 Å². The summed E-state index contributed by atoms with van der Waals surface area (Å²) in [7, 11) is -3.68. The molecule has 1 unspecified atom stereocenters. The van der Waals surface area contributed by atoms with Gasteiger partial charge in [0, 0.05) is 13.0 Å². The number of aliphatic carboxylic acids is 1. The molecule has 0 fully saturated rings. The van der Waals surface area contributed by atoms with Crippen molar-refractivity contribution in [1.82, 2.24) is 9.62 Å². The number of carbonyl (C=O) groups is 2. The van der Waals surface area contributed by atoms with Gasteiger partial charge >= 0.3 is 5.97 Å². The monoisotopic (exact) mass is 384 g/mol. The lowest BCUT2D eigenvalue weighted by atomic mass is 9.94. The summed E-state index contributed by atoms with van der Waals surface area (Å²) in [4.78, 5) is 25.2. The van der Waals surface area contributed by atoms with Crippen molar-refractivity contribution >= 4 is 21.9 Å². The summed E-state index contributed by atoms with van der Waals surface area (Å²) in [5.74, 6) is -1.94. The Hall–Kier alpha value is -1.97. The van der Waals surface area contributed by atoms with E-state index < -0.39 is 34.5 Å². The van der Waals surface area contributed by atoms with Crippen LogP contribution in [0.1, 0.15) is 25.0 Å². The number of nitrogens with one attached hydrogen (secondary N) is 1. The molecule has 0 bridgehead atoms. The largest absolute Gasteiger partial charge is 0.480 e. The number of rotatable bonds is 8. The Balaban J connectivity index is 2.00. The van der Waals surface area contributed by atoms with Crippen LogP contribution in [0, 0.1) is 0 Å². The van der Waals surface area contributed by atoms with E-state index >= 15 is 0 Å². The fourth-order valence-electron chi connectivity index (χ4n) is 2.74. The van der Waals surface area contributed by atoms with Gasteiger partial charge in [-0.15, -0.1) is 0 Å². The molecule has 0 radical (unpaired) electrons. The Morgan fingerprint density at radius 3 is 2.58 bits per heavy atom. The van der Waals surface area contributed by atoms with Gasteiger partial charge in [0.1, 0.15) is 6.04 Å². The zero-order valence-corrected chi connectivity index (χ0v) is 15.7. The van der Waals surface area contributed by atoms with E-state index in [0.717, 1.165) is 11.1 Å². The van der Waals surface area contributed by atoms with Gasteiger partial charge in [0.15, 0.2) is 0 Å². The van der Waals surface area contributed by atoms with Crippen LogP contribution in [0.5, 0.6) is 0 Å². The first kappa shape index (κ1) is 20.3. The highest BCUT2D eigenvalue weighted by atomic mass is 32.2. The number of ether oxygens (including phenoxy) is 1. The van der Waals surface area contributed by atoms with E-state index in [2.05, 4.69) is 4.72 Å². The number of hydrogen-bond acceptors (Lipinski definition) is 5. The van der Waals surface area contributed by atoms with Crippen molar-refractivity contribution < 1.29 is 27.9 Å². The van der Waals surface area contributed by atoms with Gasteiger partial charge in [-0.3, -0.25) is 4.79 Å². The predicted molar refractivity (Wildman–Crippen MR) is 95.0 cm³/mol. The molecule has 1 amide bonds. The summed E-state index contributed by atoms with van der Waals surface area (Å²) >= 11 is 0. The molecule has 1 aromatic carbocycles. The van der Waals surface area contributed by atoms with Gasteiger partial charge in [-0.1, -0.05) is 24.3 Å². The maximum absolute atomic E-state index is 12.5. The minimum absolute atomic E-state index is 0.0238. The van der Waals surface area contributed by atoms with Crippen molar-refractivity contribution in [3.05, 3.63) is 35.4 Å². The second kappa shape index (κ2) is 8.61. The minimum atomic E-state index is -3.68. The van der Waals surface area contributed by atoms with Crippen LogP contribution in [0.15, 0.2) is 24.3 Å². The number of carboxylic acids is 1. The molecule has 1 atom stereocenters. The molecule has 9 heteroatoms. The van der Waals surface area contributed by atoms with E-state index in [1.807, 2.05) is 24.3 Å². The molecule has 8 nitrogen and oxygen atoms in total. The normalized spacial score (nSPS) is 17.2. The highest BCUT2D eigenvalue weighted by molar-refractivity contribution is 7.89. The number of nitrogens with zero attached hydrogens (tertiary/aromatic N) is 1. The third kappa shape index (κ3) is 5.52. The van der Waals surface area contributed by atoms with E-state index in [4.69, 9.17) is 4.74 Å². The number of carboxylic acid groups (broad SMARTS) is 1. The van der Waals surface area contributed by atoms with E-state index in [-0.39, 0.29) is 31.4 Å². The van der Waals surface area contributed by atoms with Crippen molar-refractivity contribution in [1.29, 1.82) is 0 Å². The lowest BCUT2D eigenvalue weighted by Crippen LogP contribution is -2.51. The Morgan fingerprint density at radius 2 is 1.96 bits per heavy atom. The maximum Gasteiger partial charge on any atom is 0.326 e. The second-order valence-corrected chi connectivity index (χ2v) is 8.33. The molecule has 0 aliphatic carbocycles. The molecule has 1 aliphatic heterocycles. The Morgan fingerprint density at radius 1 is 1.31 bits per heavy atom. The van der Waals surface area contributed by atoms with Gasteiger partial charge < -0.3 is 14.7 Å². The molecular formula is C17H24N2O6S. The first-order valence-electron chi connectivity index (χ1n) is 8.37. The molecule has 1 aromatic rings. The number of carbonyl (C=O) groups excluding carboxylic acids is 1. The maximum atomic E-state index is 12.5. The average Bonchev–Trinajstić information content (AvgIpc) is 2.58. The van der Waals surface area contributed by atoms with Crippen molar-refractivity contribution in [2.24, 2.45) is 0 Å². The minimum Gasteiger partial charge on any atom is -0.480 e. The third-order valence-corrected chi connectivity index (χ3v) is 5.39. The molecule has 0 aromatic heterocycles. The molecule has 26 heavy (non-hydrogen) atoms. The Kier molecular flexibility index (Phi) is 6.74. The van der Waals surface area contributed by atoms with Crippen molar-refractivity contribution in [2.45, 2.75) is 39.0 Å². The van der Waals surface area contributed by atoms with Gasteiger partial charge in [-0.2, -0.15) is 0 Å². The number of sulfonamides is 1. The average molecular weight is 384 g/mol. The first-order chi connectivity index (χ1) is 12.2. The van der Waals surface area contributed by atoms with E-state index in [1.165, 1.54) is 4.90 Å². The summed E-state index contributed by atoms with van der Waals surface area (Å²) in [6.45, 7) is 3.28. The molecule has 0 spiro atoms. The highest BCUT2D eigenvalue weighted by Crippen LogP contribution is 2.23. The number of benzene rings is 1. The van der Waals surface area contributed by atoms with Crippen LogP contribution in [-0.4, -0.2) is 61.4 Å². The highest BCUT2D eigenvalue weighted by Gasteiger charge is 2.34. The molecule has 0 saturated heterocycles. The van der Waals surface area contributed by atoms with Gasteiger partial charge in [0.2, 0.25) is 15.9 Å². The van der Waals surface area contributed by atoms with Crippen LogP contribution < -0.4 is 4.72 Å². The molecule has 1 heterocycles. The smallest absolute Gasteiger partial charge is 0.326 e. The van der Waals surface area contributed by atoms with Crippen LogP contribution in [0.25, 0.3) is 0 Å². The van der Waals surface area contributed by atoms with Crippen molar-refractivity contribution in [3.63, 3.8) is 0 Å². The van der Waals surface area contributed by atoms with Gasteiger partial charge in [-0.25, -0.2) is 17.9 Å². The van der Waals surface area contributed by atoms with Crippen LogP contribution in [0.2, 0.25) is 0 Å². The lowest BCUT2D eigenvalue weighted by molar-refractivity contribution is -0.150. The van der Waals surface area contributed by atoms with Gasteiger partial charge in [-0.05, 0) is 25.0 Å². The summed E-state index contributed by atoms with van der Waals surface area (Å²) in [6.07, 6.45) is 0.114. The zero-order valence-electron chi connectivity index (χ0n) is 14.8. The van der Waals surface area contributed by atoms with E-state index in [1.54, 1.807) is 13.8 Å². The fraction of sp³-hybridized carbons (Fsp3) is 0.529. The standard InChI is InChI=1S/C17H24N2O6S/c1-12(2)25-7-8-26(23,24)18-10-16(20)19-11-14-6-4-3-5-13(14)9-15(19)17(21)22/h3-6,12,15,18H,7-11H2,1-2H3,(H,21,22). The number of fused-ring (bicyclic) bond motifs is 1. The Labute approximate surface area is 153 Å². The van der Waals surface area contributed by atoms with Crippen LogP contribution >= 0.6 is 0 Å². The molecule has 1 aliphatic rings. The topological polar surface area (TPSA) is 113 Å². The SMILES string of the molecule is CC(C)OCCS(=O)(=O)NCC(=O)N1Cc2ccccc2CC1C(=O)O. The quantitative estimate of drug-likeness (QED) is 0.669. The van der Waals surface area contributed by atoms with Crippen molar-refractivity contribution in [3.8, 4) is 0 Å². The Bertz CT molecular complexity index is 762. The fourth-order valence-corrected chi connectivity index (χ4v) is 3.55. The van der Waals surface area contributed by atoms with Gasteiger partial charge in [0.05, 0.1) is 25.0 Å². The predicted octanol–water partition coefficient (Wildman–Crippen LogP) is 0.369. The summed E-state index contributed by atoms with van der Waals surface area (Å²) < 4.78 is 31.3. The van der Waals surface area contributed by atoms with Gasteiger partial charge in [0.25, 0.3) is 0 Å². The lowest BCUT2D eigenvalue weighted by Gasteiger charge is -2.34.